The van der Waals surface area contributed by atoms with Crippen LogP contribution in [0, 0.1) is 6.92 Å². The Morgan fingerprint density at radius 2 is 1.71 bits per heavy atom. The molecule has 0 saturated carbocycles. The molecule has 1 atom stereocenters. The van der Waals surface area contributed by atoms with Crippen molar-refractivity contribution in [2.24, 2.45) is 0 Å². The summed E-state index contributed by atoms with van der Waals surface area (Å²) in [4.78, 5) is 0. The summed E-state index contributed by atoms with van der Waals surface area (Å²) >= 11 is 18.3. The van der Waals surface area contributed by atoms with Crippen molar-refractivity contribution in [1.29, 1.82) is 0 Å². The topological polar surface area (TPSA) is 12.0 Å². The molecule has 1 nitrogen and oxygen atoms in total. The van der Waals surface area contributed by atoms with Crippen molar-refractivity contribution in [1.82, 2.24) is 5.32 Å². The van der Waals surface area contributed by atoms with Gasteiger partial charge >= 0.3 is 0 Å². The number of rotatable bonds is 5. The molecule has 0 aromatic heterocycles. The summed E-state index contributed by atoms with van der Waals surface area (Å²) in [6.45, 7) is 5.08. The summed E-state index contributed by atoms with van der Waals surface area (Å²) in [6.07, 6.45) is 0.982. The van der Waals surface area contributed by atoms with E-state index in [0.717, 1.165) is 18.5 Å². The van der Waals surface area contributed by atoms with E-state index in [1.165, 1.54) is 11.1 Å². The highest BCUT2D eigenvalue weighted by Crippen LogP contribution is 2.35. The van der Waals surface area contributed by atoms with E-state index in [2.05, 4.69) is 43.4 Å². The monoisotopic (exact) mass is 341 g/mol. The second-order valence-electron chi connectivity index (χ2n) is 5.12. The highest BCUT2D eigenvalue weighted by Gasteiger charge is 2.13. The minimum Gasteiger partial charge on any atom is -0.310 e. The molecule has 0 amide bonds. The Bertz CT molecular complexity index is 625. The summed E-state index contributed by atoms with van der Waals surface area (Å²) in [7, 11) is 0. The first-order chi connectivity index (χ1) is 10.0. The van der Waals surface area contributed by atoms with Crippen molar-refractivity contribution in [3.05, 3.63) is 68.2 Å². The quantitative estimate of drug-likeness (QED) is 0.672. The summed E-state index contributed by atoms with van der Waals surface area (Å²) < 4.78 is 0. The summed E-state index contributed by atoms with van der Waals surface area (Å²) in [5, 5.41) is 4.91. The first kappa shape index (κ1) is 16.6. The van der Waals surface area contributed by atoms with Crippen molar-refractivity contribution in [2.45, 2.75) is 26.3 Å². The number of aryl methyl sites for hydroxylation is 1. The third kappa shape index (κ3) is 4.14. The van der Waals surface area contributed by atoms with Crippen LogP contribution in [0.1, 0.15) is 29.7 Å². The van der Waals surface area contributed by atoms with E-state index in [1.807, 2.05) is 6.07 Å². The molecule has 0 heterocycles. The molecule has 0 aliphatic rings. The number of benzene rings is 2. The van der Waals surface area contributed by atoms with Gasteiger partial charge in [-0.05, 0) is 49.6 Å². The number of hydrogen-bond donors (Lipinski definition) is 1. The average Bonchev–Trinajstić information content (AvgIpc) is 2.47. The molecule has 2 rings (SSSR count). The fourth-order valence-corrected chi connectivity index (χ4v) is 3.01. The Balaban J connectivity index is 1.98. The maximum Gasteiger partial charge on any atom is 0.0781 e. The van der Waals surface area contributed by atoms with Crippen LogP contribution in [0.4, 0.5) is 0 Å². The lowest BCUT2D eigenvalue weighted by Gasteiger charge is -2.17. The van der Waals surface area contributed by atoms with E-state index in [4.69, 9.17) is 34.8 Å². The minimum absolute atomic E-state index is 0.122. The Morgan fingerprint density at radius 1 is 1.00 bits per heavy atom. The van der Waals surface area contributed by atoms with Crippen molar-refractivity contribution in [3.8, 4) is 0 Å². The smallest absolute Gasteiger partial charge is 0.0781 e. The Morgan fingerprint density at radius 3 is 2.43 bits per heavy atom. The van der Waals surface area contributed by atoms with Gasteiger partial charge < -0.3 is 5.32 Å². The van der Waals surface area contributed by atoms with Gasteiger partial charge in [0.05, 0.1) is 15.1 Å². The van der Waals surface area contributed by atoms with Crippen molar-refractivity contribution < 1.29 is 0 Å². The predicted molar refractivity (Wildman–Crippen MR) is 92.8 cm³/mol. The molecule has 0 radical (unpaired) electrons. The van der Waals surface area contributed by atoms with Crippen molar-refractivity contribution >= 4 is 34.8 Å². The summed E-state index contributed by atoms with van der Waals surface area (Å²) in [5.41, 5.74) is 3.65. The predicted octanol–water partition coefficient (Wildman–Crippen LogP) is 5.85. The van der Waals surface area contributed by atoms with Crippen molar-refractivity contribution in [2.75, 3.05) is 6.54 Å². The molecule has 4 heteroatoms. The fraction of sp³-hybridized carbons (Fsp3) is 0.294. The van der Waals surface area contributed by atoms with Crippen molar-refractivity contribution in [3.63, 3.8) is 0 Å². The third-order valence-corrected chi connectivity index (χ3v) is 4.95. The third-order valence-electron chi connectivity index (χ3n) is 3.64. The van der Waals surface area contributed by atoms with Gasteiger partial charge in [0.1, 0.15) is 0 Å². The molecule has 0 aliphatic heterocycles. The molecule has 0 saturated heterocycles. The zero-order valence-corrected chi connectivity index (χ0v) is 14.4. The van der Waals surface area contributed by atoms with Gasteiger partial charge in [0, 0.05) is 6.04 Å². The minimum atomic E-state index is 0.122. The van der Waals surface area contributed by atoms with E-state index in [-0.39, 0.29) is 6.04 Å². The average molecular weight is 343 g/mol. The van der Waals surface area contributed by atoms with Crippen LogP contribution < -0.4 is 5.32 Å². The van der Waals surface area contributed by atoms with Gasteiger partial charge in [-0.2, -0.15) is 0 Å². The van der Waals surface area contributed by atoms with E-state index in [1.54, 1.807) is 6.07 Å². The lowest BCUT2D eigenvalue weighted by Crippen LogP contribution is -2.22. The molecule has 2 aromatic carbocycles. The van der Waals surface area contributed by atoms with Crippen LogP contribution >= 0.6 is 34.8 Å². The lowest BCUT2D eigenvalue weighted by atomic mass is 10.0. The van der Waals surface area contributed by atoms with Gasteiger partial charge in [-0.15, -0.1) is 0 Å². The van der Waals surface area contributed by atoms with E-state index in [9.17, 15) is 0 Å². The molecular formula is C17H18Cl3N. The first-order valence-electron chi connectivity index (χ1n) is 6.92. The normalized spacial score (nSPS) is 12.4. The summed E-state index contributed by atoms with van der Waals surface area (Å²) in [6, 6.07) is 12.2. The van der Waals surface area contributed by atoms with Crippen LogP contribution in [0.15, 0.2) is 36.4 Å². The standard InChI is InChI=1S/C17H18Cl3N/c1-11-5-3-4-6-13(11)9-10-21-12(2)14-7-8-15(18)17(20)16(14)19/h3-8,12,21H,9-10H2,1-2H3. The molecule has 1 unspecified atom stereocenters. The zero-order chi connectivity index (χ0) is 15.4. The van der Waals surface area contributed by atoms with Crippen LogP contribution in [-0.4, -0.2) is 6.54 Å². The van der Waals surface area contributed by atoms with Gasteiger partial charge in [0.25, 0.3) is 0 Å². The molecule has 0 fully saturated rings. The Kier molecular flexibility index (Phi) is 5.95. The van der Waals surface area contributed by atoms with Crippen LogP contribution in [0.25, 0.3) is 0 Å². The van der Waals surface area contributed by atoms with Gasteiger partial charge in [-0.3, -0.25) is 0 Å². The van der Waals surface area contributed by atoms with Gasteiger partial charge in [0.15, 0.2) is 0 Å². The first-order valence-corrected chi connectivity index (χ1v) is 8.05. The van der Waals surface area contributed by atoms with Gasteiger partial charge in [0.2, 0.25) is 0 Å². The zero-order valence-electron chi connectivity index (χ0n) is 12.1. The SMILES string of the molecule is Cc1ccccc1CCNC(C)c1ccc(Cl)c(Cl)c1Cl. The van der Waals surface area contributed by atoms with Crippen LogP contribution in [0.5, 0.6) is 0 Å². The highest BCUT2D eigenvalue weighted by molar-refractivity contribution is 6.48. The van der Waals surface area contributed by atoms with Crippen LogP contribution in [0.2, 0.25) is 15.1 Å². The maximum absolute atomic E-state index is 6.26. The van der Waals surface area contributed by atoms with E-state index in [0.29, 0.717) is 15.1 Å². The van der Waals surface area contributed by atoms with Gasteiger partial charge in [-0.1, -0.05) is 65.1 Å². The lowest BCUT2D eigenvalue weighted by molar-refractivity contribution is 0.576. The van der Waals surface area contributed by atoms with Crippen LogP contribution in [0.3, 0.4) is 0 Å². The maximum atomic E-state index is 6.26. The van der Waals surface area contributed by atoms with Crippen LogP contribution in [-0.2, 0) is 6.42 Å². The largest absolute Gasteiger partial charge is 0.310 e. The Labute approximate surface area is 141 Å². The summed E-state index contributed by atoms with van der Waals surface area (Å²) in [5.74, 6) is 0. The Hall–Kier alpha value is -0.730. The molecule has 112 valence electrons. The molecule has 21 heavy (non-hydrogen) atoms. The number of halogens is 3. The fourth-order valence-electron chi connectivity index (χ4n) is 2.30. The molecule has 0 spiro atoms. The molecule has 0 bridgehead atoms. The molecule has 0 aliphatic carbocycles. The molecule has 2 aromatic rings. The molecular weight excluding hydrogens is 325 g/mol. The number of hydrogen-bond acceptors (Lipinski definition) is 1. The van der Waals surface area contributed by atoms with E-state index < -0.39 is 0 Å². The number of nitrogens with one attached hydrogen (secondary N) is 1. The second-order valence-corrected chi connectivity index (χ2v) is 6.28. The van der Waals surface area contributed by atoms with E-state index >= 15 is 0 Å². The second kappa shape index (κ2) is 7.51. The highest BCUT2D eigenvalue weighted by atomic mass is 35.5. The van der Waals surface area contributed by atoms with Gasteiger partial charge in [-0.25, -0.2) is 0 Å². The molecule has 1 N–H and O–H groups in total.